The Morgan fingerprint density at radius 3 is 2.66 bits per heavy atom. The van der Waals surface area contributed by atoms with Crippen LogP contribution >= 0.6 is 23.4 Å². The summed E-state index contributed by atoms with van der Waals surface area (Å²) in [6.45, 7) is 0. The van der Waals surface area contributed by atoms with Crippen LogP contribution in [0, 0.1) is 10.1 Å². The fourth-order valence-corrected chi connectivity index (χ4v) is 4.98. The molecule has 0 bridgehead atoms. The molecule has 0 fully saturated rings. The van der Waals surface area contributed by atoms with Crippen LogP contribution in [0.4, 0.5) is 17.1 Å². The van der Waals surface area contributed by atoms with E-state index in [-0.39, 0.29) is 11.6 Å². The Hall–Kier alpha value is -4.01. The highest BCUT2D eigenvalue weighted by molar-refractivity contribution is 7.99. The number of methoxy groups -OCH3 is 1. The van der Waals surface area contributed by atoms with Crippen LogP contribution in [-0.4, -0.2) is 17.9 Å². The van der Waals surface area contributed by atoms with Crippen molar-refractivity contribution >= 4 is 52.4 Å². The number of nitro benzene ring substituents is 1. The molecule has 0 saturated carbocycles. The summed E-state index contributed by atoms with van der Waals surface area (Å²) < 4.78 is 11.2. The number of non-ortho nitro benzene ring substituents is 1. The Kier molecular flexibility index (Phi) is 6.07. The van der Waals surface area contributed by atoms with Gasteiger partial charge in [0, 0.05) is 27.0 Å². The topological polar surface area (TPSA) is 85.8 Å². The fraction of sp³-hybridized carbons (Fsp3) is 0.0385. The minimum Gasteiger partial charge on any atom is -0.496 e. The van der Waals surface area contributed by atoms with Crippen LogP contribution in [0.5, 0.6) is 5.75 Å². The first kappa shape index (κ1) is 22.8. The molecule has 0 radical (unpaired) electrons. The summed E-state index contributed by atoms with van der Waals surface area (Å²) in [6, 6.07) is 20.9. The third kappa shape index (κ3) is 4.41. The average Bonchev–Trinajstić information content (AvgIpc) is 3.34. The van der Waals surface area contributed by atoms with Gasteiger partial charge in [0.05, 0.1) is 35.0 Å². The number of carbonyl (C=O) groups is 1. The van der Waals surface area contributed by atoms with Crippen molar-refractivity contribution in [2.45, 2.75) is 9.79 Å². The van der Waals surface area contributed by atoms with Gasteiger partial charge in [0.1, 0.15) is 17.3 Å². The zero-order valence-electron chi connectivity index (χ0n) is 18.3. The molecule has 0 N–H and O–H groups in total. The number of amides is 1. The molecule has 1 aromatic heterocycles. The maximum atomic E-state index is 13.3. The molecule has 1 aliphatic rings. The van der Waals surface area contributed by atoms with Gasteiger partial charge in [-0.05, 0) is 54.6 Å². The molecule has 7 nitrogen and oxygen atoms in total. The van der Waals surface area contributed by atoms with Crippen LogP contribution < -0.4 is 9.64 Å². The number of ether oxygens (including phenoxy) is 1. The second kappa shape index (κ2) is 9.32. The predicted molar refractivity (Wildman–Crippen MR) is 136 cm³/mol. The van der Waals surface area contributed by atoms with E-state index in [2.05, 4.69) is 0 Å². The molecule has 2 heterocycles. The zero-order chi connectivity index (χ0) is 24.5. The molecule has 5 rings (SSSR count). The van der Waals surface area contributed by atoms with Crippen molar-refractivity contribution in [3.8, 4) is 17.1 Å². The lowest BCUT2D eigenvalue weighted by atomic mass is 10.1. The Bertz CT molecular complexity index is 1500. The van der Waals surface area contributed by atoms with Crippen LogP contribution in [0.25, 0.3) is 17.4 Å². The lowest BCUT2D eigenvalue weighted by Crippen LogP contribution is -2.26. The number of hydrogen-bond acceptors (Lipinski definition) is 6. The van der Waals surface area contributed by atoms with E-state index in [0.29, 0.717) is 33.5 Å². The number of nitrogens with zero attached hydrogens (tertiary/aromatic N) is 2. The van der Waals surface area contributed by atoms with Gasteiger partial charge in [-0.15, -0.1) is 0 Å². The summed E-state index contributed by atoms with van der Waals surface area (Å²) in [5, 5.41) is 11.6. The predicted octanol–water partition coefficient (Wildman–Crippen LogP) is 7.36. The Morgan fingerprint density at radius 1 is 1.06 bits per heavy atom. The molecule has 0 unspecified atom stereocenters. The summed E-state index contributed by atoms with van der Waals surface area (Å²) in [7, 11) is 1.43. The lowest BCUT2D eigenvalue weighted by Gasteiger charge is -2.30. The first-order valence-corrected chi connectivity index (χ1v) is 11.7. The molecule has 0 saturated heterocycles. The number of anilines is 2. The SMILES string of the molecule is COc1cc([N+](=O)[O-])ccc1-c1ccc(/C=C/C(=O)N2c3ccccc3Sc3ccc(Cl)cc32)o1. The lowest BCUT2D eigenvalue weighted by molar-refractivity contribution is -0.384. The summed E-state index contributed by atoms with van der Waals surface area (Å²) in [5.74, 6) is 0.962. The van der Waals surface area contributed by atoms with E-state index < -0.39 is 4.92 Å². The normalized spacial score (nSPS) is 12.3. The molecule has 1 aliphatic heterocycles. The van der Waals surface area contributed by atoms with E-state index in [4.69, 9.17) is 20.8 Å². The quantitative estimate of drug-likeness (QED) is 0.160. The van der Waals surface area contributed by atoms with E-state index in [1.165, 1.54) is 25.3 Å². The van der Waals surface area contributed by atoms with Gasteiger partial charge >= 0.3 is 0 Å². The van der Waals surface area contributed by atoms with Crippen molar-refractivity contribution in [1.82, 2.24) is 0 Å². The number of fused-ring (bicyclic) bond motifs is 2. The van der Waals surface area contributed by atoms with Crippen molar-refractivity contribution < 1.29 is 18.9 Å². The van der Waals surface area contributed by atoms with Gasteiger partial charge < -0.3 is 9.15 Å². The second-order valence-electron chi connectivity index (χ2n) is 7.53. The summed E-state index contributed by atoms with van der Waals surface area (Å²) in [5.41, 5.74) is 1.97. The molecule has 0 aliphatic carbocycles. The molecule has 35 heavy (non-hydrogen) atoms. The highest BCUT2D eigenvalue weighted by Crippen LogP contribution is 2.48. The van der Waals surface area contributed by atoms with Crippen LogP contribution in [-0.2, 0) is 4.79 Å². The van der Waals surface area contributed by atoms with Gasteiger partial charge in [0.25, 0.3) is 11.6 Å². The zero-order valence-corrected chi connectivity index (χ0v) is 19.9. The standard InChI is InChI=1S/C26H17ClN2O5S/c1-33-23-15-17(29(31)32)7-10-19(23)22-11-8-18(34-22)9-13-26(30)28-20-4-2-3-5-24(20)35-25-12-6-16(27)14-21(25)28/h2-15H,1H3/b13-9+. The van der Waals surface area contributed by atoms with Gasteiger partial charge in [0.2, 0.25) is 0 Å². The van der Waals surface area contributed by atoms with Crippen molar-refractivity contribution in [2.75, 3.05) is 12.0 Å². The summed E-state index contributed by atoms with van der Waals surface area (Å²) in [4.78, 5) is 27.4. The molecule has 1 amide bonds. The highest BCUT2D eigenvalue weighted by atomic mass is 35.5. The molecule has 9 heteroatoms. The van der Waals surface area contributed by atoms with Crippen molar-refractivity contribution in [3.63, 3.8) is 0 Å². The van der Waals surface area contributed by atoms with Gasteiger partial charge in [-0.25, -0.2) is 0 Å². The van der Waals surface area contributed by atoms with E-state index in [1.54, 1.807) is 53.1 Å². The Morgan fingerprint density at radius 2 is 1.86 bits per heavy atom. The van der Waals surface area contributed by atoms with Gasteiger partial charge in [-0.2, -0.15) is 0 Å². The third-order valence-electron chi connectivity index (χ3n) is 5.39. The summed E-state index contributed by atoms with van der Waals surface area (Å²) in [6.07, 6.45) is 3.02. The van der Waals surface area contributed by atoms with Crippen LogP contribution in [0.15, 0.2) is 93.1 Å². The minimum absolute atomic E-state index is 0.0803. The van der Waals surface area contributed by atoms with E-state index in [9.17, 15) is 14.9 Å². The van der Waals surface area contributed by atoms with E-state index in [0.717, 1.165) is 15.5 Å². The number of halogens is 1. The van der Waals surface area contributed by atoms with Crippen molar-refractivity contribution in [1.29, 1.82) is 0 Å². The van der Waals surface area contributed by atoms with Crippen molar-refractivity contribution in [3.05, 3.63) is 99.8 Å². The van der Waals surface area contributed by atoms with Crippen LogP contribution in [0.3, 0.4) is 0 Å². The number of furan rings is 1. The number of nitro groups is 1. The molecular weight excluding hydrogens is 488 g/mol. The van der Waals surface area contributed by atoms with E-state index >= 15 is 0 Å². The van der Waals surface area contributed by atoms with Crippen LogP contribution in [0.2, 0.25) is 5.02 Å². The fourth-order valence-electron chi connectivity index (χ4n) is 3.78. The van der Waals surface area contributed by atoms with Gasteiger partial charge in [0.15, 0.2) is 0 Å². The first-order chi connectivity index (χ1) is 16.9. The number of carbonyl (C=O) groups excluding carboxylic acids is 1. The van der Waals surface area contributed by atoms with Gasteiger partial charge in [-0.1, -0.05) is 35.5 Å². The molecule has 174 valence electrons. The monoisotopic (exact) mass is 504 g/mol. The maximum absolute atomic E-state index is 13.3. The summed E-state index contributed by atoms with van der Waals surface area (Å²) >= 11 is 7.82. The van der Waals surface area contributed by atoms with Crippen LogP contribution in [0.1, 0.15) is 5.76 Å². The Balaban J connectivity index is 1.44. The minimum atomic E-state index is -0.489. The van der Waals surface area contributed by atoms with Crippen molar-refractivity contribution in [2.24, 2.45) is 0 Å². The number of benzene rings is 3. The molecule has 0 spiro atoms. The largest absolute Gasteiger partial charge is 0.496 e. The number of hydrogen-bond donors (Lipinski definition) is 0. The molecule has 4 aromatic rings. The molecule has 0 atom stereocenters. The molecular formula is C26H17ClN2O5S. The third-order valence-corrected chi connectivity index (χ3v) is 6.75. The highest BCUT2D eigenvalue weighted by Gasteiger charge is 2.27. The average molecular weight is 505 g/mol. The maximum Gasteiger partial charge on any atom is 0.273 e. The van der Waals surface area contributed by atoms with E-state index in [1.807, 2.05) is 30.3 Å². The number of rotatable bonds is 5. The second-order valence-corrected chi connectivity index (χ2v) is 9.05. The first-order valence-electron chi connectivity index (χ1n) is 10.5. The number of para-hydroxylation sites is 1. The smallest absolute Gasteiger partial charge is 0.273 e. The van der Waals surface area contributed by atoms with Gasteiger partial charge in [-0.3, -0.25) is 19.8 Å². The Labute approximate surface area is 209 Å². The molecule has 3 aromatic carbocycles.